The number of amides is 1. The molecule has 4 rings (SSSR count). The number of hydrogen-bond donors (Lipinski definition) is 1. The van der Waals surface area contributed by atoms with Crippen molar-refractivity contribution in [2.75, 3.05) is 17.3 Å². The molecule has 5 nitrogen and oxygen atoms in total. The number of hydrogen-bond acceptors (Lipinski definition) is 4. The molecule has 2 heterocycles. The molecule has 0 radical (unpaired) electrons. The predicted molar refractivity (Wildman–Crippen MR) is 102 cm³/mol. The Labute approximate surface area is 164 Å². The highest BCUT2D eigenvalue weighted by Crippen LogP contribution is 2.38. The van der Waals surface area contributed by atoms with Gasteiger partial charge in [-0.15, -0.1) is 0 Å². The summed E-state index contributed by atoms with van der Waals surface area (Å²) in [5.41, 5.74) is 0.871. The molecule has 29 heavy (non-hydrogen) atoms. The number of alkyl halides is 3. The first kappa shape index (κ1) is 18.8. The zero-order valence-electron chi connectivity index (χ0n) is 15.3. The van der Waals surface area contributed by atoms with Gasteiger partial charge in [0.1, 0.15) is 5.75 Å². The molecule has 1 aromatic heterocycles. The maximum absolute atomic E-state index is 13.1. The van der Waals surface area contributed by atoms with Crippen LogP contribution < -0.4 is 15.0 Å². The zero-order chi connectivity index (χ0) is 20.6. The van der Waals surface area contributed by atoms with E-state index in [4.69, 9.17) is 4.74 Å². The summed E-state index contributed by atoms with van der Waals surface area (Å²) in [4.78, 5) is 18.8. The van der Waals surface area contributed by atoms with Crippen molar-refractivity contribution in [3.8, 4) is 5.75 Å². The fourth-order valence-corrected chi connectivity index (χ4v) is 3.27. The van der Waals surface area contributed by atoms with Crippen LogP contribution in [0.5, 0.6) is 5.75 Å². The van der Waals surface area contributed by atoms with E-state index in [1.165, 1.54) is 24.1 Å². The first-order valence-corrected chi connectivity index (χ1v) is 8.75. The van der Waals surface area contributed by atoms with Crippen molar-refractivity contribution >= 4 is 17.3 Å². The minimum Gasteiger partial charge on any atom is -0.497 e. The fraction of sp³-hybridized carbons (Fsp3) is 0.143. The van der Waals surface area contributed by atoms with E-state index in [2.05, 4.69) is 10.3 Å². The van der Waals surface area contributed by atoms with E-state index in [1.807, 2.05) is 0 Å². The molecule has 1 N–H and O–H groups in total. The van der Waals surface area contributed by atoms with Gasteiger partial charge in [0, 0.05) is 17.6 Å². The van der Waals surface area contributed by atoms with Crippen LogP contribution in [0.25, 0.3) is 0 Å². The Balaban J connectivity index is 1.74. The quantitative estimate of drug-likeness (QED) is 0.679. The first-order valence-electron chi connectivity index (χ1n) is 8.75. The van der Waals surface area contributed by atoms with Gasteiger partial charge < -0.3 is 10.1 Å². The van der Waals surface area contributed by atoms with E-state index in [0.717, 1.165) is 12.1 Å². The van der Waals surface area contributed by atoms with E-state index in [1.54, 1.807) is 42.6 Å². The molecule has 8 heteroatoms. The molecule has 2 aromatic carbocycles. The summed E-state index contributed by atoms with van der Waals surface area (Å²) < 4.78 is 44.4. The van der Waals surface area contributed by atoms with Gasteiger partial charge in [-0.25, -0.2) is 0 Å². The summed E-state index contributed by atoms with van der Waals surface area (Å²) in [6.45, 7) is 0. The molecule has 1 aliphatic rings. The maximum Gasteiger partial charge on any atom is 0.416 e. The van der Waals surface area contributed by atoms with Gasteiger partial charge >= 0.3 is 6.18 Å². The molecule has 0 aliphatic carbocycles. The topological polar surface area (TPSA) is 54.5 Å². The van der Waals surface area contributed by atoms with E-state index in [-0.39, 0.29) is 11.6 Å². The third-order valence-electron chi connectivity index (χ3n) is 4.65. The second-order valence-electron chi connectivity index (χ2n) is 6.43. The van der Waals surface area contributed by atoms with Gasteiger partial charge in [0.15, 0.2) is 6.17 Å². The number of aromatic nitrogens is 1. The molecule has 0 bridgehead atoms. The molecule has 0 saturated heterocycles. The summed E-state index contributed by atoms with van der Waals surface area (Å²) >= 11 is 0. The van der Waals surface area contributed by atoms with Gasteiger partial charge in [0.25, 0.3) is 5.91 Å². The number of methoxy groups -OCH3 is 1. The molecule has 1 atom stereocenters. The van der Waals surface area contributed by atoms with Crippen molar-refractivity contribution in [3.05, 3.63) is 83.7 Å². The second kappa shape index (κ2) is 7.12. The Hall–Kier alpha value is -3.55. The normalized spacial score (nSPS) is 15.9. The van der Waals surface area contributed by atoms with Crippen molar-refractivity contribution in [1.29, 1.82) is 0 Å². The van der Waals surface area contributed by atoms with Crippen LogP contribution in [0.1, 0.15) is 27.8 Å². The van der Waals surface area contributed by atoms with Crippen molar-refractivity contribution in [3.63, 3.8) is 0 Å². The minimum absolute atomic E-state index is 0.231. The van der Waals surface area contributed by atoms with E-state index in [0.29, 0.717) is 22.7 Å². The van der Waals surface area contributed by atoms with Crippen LogP contribution in [-0.2, 0) is 6.18 Å². The first-order chi connectivity index (χ1) is 13.9. The number of nitrogens with one attached hydrogen (secondary N) is 1. The highest BCUT2D eigenvalue weighted by molar-refractivity contribution is 6.11. The minimum atomic E-state index is -4.46. The molecule has 148 valence electrons. The van der Waals surface area contributed by atoms with Gasteiger partial charge in [0.2, 0.25) is 0 Å². The molecular formula is C21H16F3N3O2. The number of anilines is 2. The monoisotopic (exact) mass is 399 g/mol. The van der Waals surface area contributed by atoms with E-state index < -0.39 is 17.9 Å². The van der Waals surface area contributed by atoms with Crippen molar-refractivity contribution in [2.45, 2.75) is 12.3 Å². The average Bonchev–Trinajstić information content (AvgIpc) is 3.00. The number of fused-ring (bicyclic) bond motifs is 1. The third kappa shape index (κ3) is 3.49. The second-order valence-corrected chi connectivity index (χ2v) is 6.43. The predicted octanol–water partition coefficient (Wildman–Crippen LogP) is 4.88. The summed E-state index contributed by atoms with van der Waals surface area (Å²) in [5, 5.41) is 3.03. The van der Waals surface area contributed by atoms with Gasteiger partial charge in [0.05, 0.1) is 23.9 Å². The summed E-state index contributed by atoms with van der Waals surface area (Å²) in [6.07, 6.45) is -3.67. The molecule has 0 saturated carbocycles. The third-order valence-corrected chi connectivity index (χ3v) is 4.65. The Morgan fingerprint density at radius 3 is 2.52 bits per heavy atom. The molecular weight excluding hydrogens is 383 g/mol. The maximum atomic E-state index is 13.1. The highest BCUT2D eigenvalue weighted by atomic mass is 19.4. The number of ether oxygens (including phenoxy) is 1. The lowest BCUT2D eigenvalue weighted by molar-refractivity contribution is -0.137. The molecule has 1 amide bonds. The van der Waals surface area contributed by atoms with Crippen LogP contribution in [0.4, 0.5) is 24.5 Å². The lowest BCUT2D eigenvalue weighted by Crippen LogP contribution is -2.32. The molecule has 0 unspecified atom stereocenters. The number of rotatable bonds is 4. The van der Waals surface area contributed by atoms with Crippen molar-refractivity contribution in [1.82, 2.24) is 4.98 Å². The lowest BCUT2D eigenvalue weighted by atomic mass is 10.1. The van der Waals surface area contributed by atoms with Gasteiger partial charge in [-0.05, 0) is 54.6 Å². The van der Waals surface area contributed by atoms with Gasteiger partial charge in [-0.1, -0.05) is 6.07 Å². The van der Waals surface area contributed by atoms with Gasteiger partial charge in [-0.3, -0.25) is 14.7 Å². The summed E-state index contributed by atoms with van der Waals surface area (Å²) in [6, 6.07) is 15.0. The van der Waals surface area contributed by atoms with Crippen molar-refractivity contribution < 1.29 is 22.7 Å². The zero-order valence-corrected chi connectivity index (χ0v) is 15.3. The van der Waals surface area contributed by atoms with Crippen LogP contribution >= 0.6 is 0 Å². The van der Waals surface area contributed by atoms with Crippen LogP contribution in [0.15, 0.2) is 66.9 Å². The standard InChI is InChI=1S/C21H16F3N3O2/c1-29-16-9-7-15(8-10-16)27-19(18-17(20(27)28)6-3-11-25-18)26-14-5-2-4-13(12-14)21(22,23)24/h2-12,19,26H,1H3/t19-/m0/s1. The van der Waals surface area contributed by atoms with E-state index >= 15 is 0 Å². The number of pyridine rings is 1. The largest absolute Gasteiger partial charge is 0.497 e. The Morgan fingerprint density at radius 2 is 1.83 bits per heavy atom. The Kier molecular flexibility index (Phi) is 4.62. The van der Waals surface area contributed by atoms with Gasteiger partial charge in [-0.2, -0.15) is 13.2 Å². The summed E-state index contributed by atoms with van der Waals surface area (Å²) in [7, 11) is 1.54. The molecule has 0 spiro atoms. The number of benzene rings is 2. The van der Waals surface area contributed by atoms with Crippen LogP contribution in [0.2, 0.25) is 0 Å². The summed E-state index contributed by atoms with van der Waals surface area (Å²) in [5.74, 6) is 0.334. The Morgan fingerprint density at radius 1 is 1.07 bits per heavy atom. The smallest absolute Gasteiger partial charge is 0.416 e. The van der Waals surface area contributed by atoms with E-state index in [9.17, 15) is 18.0 Å². The van der Waals surface area contributed by atoms with Crippen LogP contribution in [0.3, 0.4) is 0 Å². The highest BCUT2D eigenvalue weighted by Gasteiger charge is 2.39. The fourth-order valence-electron chi connectivity index (χ4n) is 3.27. The number of halogens is 3. The Bertz CT molecular complexity index is 1050. The number of nitrogens with zero attached hydrogens (tertiary/aromatic N) is 2. The number of carbonyl (C=O) groups is 1. The average molecular weight is 399 g/mol. The van der Waals surface area contributed by atoms with Crippen LogP contribution in [0, 0.1) is 0 Å². The number of carbonyl (C=O) groups excluding carboxylic acids is 1. The molecule has 1 aliphatic heterocycles. The lowest BCUT2D eigenvalue weighted by Gasteiger charge is -2.27. The molecule has 3 aromatic rings. The van der Waals surface area contributed by atoms with Crippen molar-refractivity contribution in [2.24, 2.45) is 0 Å². The molecule has 0 fully saturated rings. The van der Waals surface area contributed by atoms with Crippen LogP contribution in [-0.4, -0.2) is 18.0 Å². The SMILES string of the molecule is COc1ccc(N2C(=O)c3cccnc3[C@H]2Nc2cccc(C(F)(F)F)c2)cc1.